The lowest BCUT2D eigenvalue weighted by Crippen LogP contribution is -2.29. The highest BCUT2D eigenvalue weighted by atomic mass is 15.0. The predicted octanol–water partition coefficient (Wildman–Crippen LogP) is 2.32. The molecule has 0 amide bonds. The average molecular weight is 217 g/mol. The molecule has 1 aromatic carbocycles. The molecule has 1 aromatic rings. The van der Waals surface area contributed by atoms with Gasteiger partial charge in [0.05, 0.1) is 6.04 Å². The second-order valence-electron chi connectivity index (χ2n) is 3.68. The summed E-state index contributed by atoms with van der Waals surface area (Å²) in [7, 11) is 0. The largest absolute Gasteiger partial charge is 0.315 e. The highest BCUT2D eigenvalue weighted by Gasteiger charge is 2.04. The van der Waals surface area contributed by atoms with E-state index in [2.05, 4.69) is 48.4 Å². The van der Waals surface area contributed by atoms with Gasteiger partial charge < -0.3 is 10.6 Å². The van der Waals surface area contributed by atoms with Gasteiger partial charge in [-0.1, -0.05) is 43.3 Å². The maximum Gasteiger partial charge on any atom is 0.0504 e. The molecule has 1 atom stereocenters. The van der Waals surface area contributed by atoms with Gasteiger partial charge in [0.2, 0.25) is 0 Å². The minimum absolute atomic E-state index is 0.239. The van der Waals surface area contributed by atoms with Crippen LogP contribution in [0.15, 0.2) is 43.0 Å². The van der Waals surface area contributed by atoms with E-state index >= 15 is 0 Å². The Balaban J connectivity index is 2.30. The van der Waals surface area contributed by atoms with Gasteiger partial charge in [-0.3, -0.25) is 0 Å². The SMILES string of the molecule is [CH2]CCNCCNC(C=C)c1ccccc1. The molecular weight excluding hydrogens is 196 g/mol. The molecule has 0 spiro atoms. The molecule has 0 bridgehead atoms. The summed E-state index contributed by atoms with van der Waals surface area (Å²) in [5.74, 6) is 0. The number of hydrogen-bond acceptors (Lipinski definition) is 2. The van der Waals surface area contributed by atoms with Crippen molar-refractivity contribution in [3.63, 3.8) is 0 Å². The summed E-state index contributed by atoms with van der Waals surface area (Å²) >= 11 is 0. The van der Waals surface area contributed by atoms with E-state index in [0.717, 1.165) is 26.1 Å². The Labute approximate surface area is 98.8 Å². The summed E-state index contributed by atoms with van der Waals surface area (Å²) in [6.07, 6.45) is 2.88. The first-order valence-corrected chi connectivity index (χ1v) is 5.79. The van der Waals surface area contributed by atoms with E-state index in [1.54, 1.807) is 0 Å². The predicted molar refractivity (Wildman–Crippen MR) is 70.2 cm³/mol. The van der Waals surface area contributed by atoms with Crippen LogP contribution in [0, 0.1) is 6.92 Å². The molecule has 2 nitrogen and oxygen atoms in total. The Morgan fingerprint density at radius 3 is 2.50 bits per heavy atom. The summed E-state index contributed by atoms with van der Waals surface area (Å²) < 4.78 is 0. The van der Waals surface area contributed by atoms with Crippen LogP contribution in [0.2, 0.25) is 0 Å². The molecular formula is C14H21N2. The van der Waals surface area contributed by atoms with Crippen molar-refractivity contribution in [3.05, 3.63) is 55.5 Å². The van der Waals surface area contributed by atoms with Gasteiger partial charge in [-0.25, -0.2) is 0 Å². The van der Waals surface area contributed by atoms with Gasteiger partial charge in [0.25, 0.3) is 0 Å². The van der Waals surface area contributed by atoms with Crippen LogP contribution in [0.4, 0.5) is 0 Å². The molecule has 1 radical (unpaired) electrons. The minimum Gasteiger partial charge on any atom is -0.315 e. The fraction of sp³-hybridized carbons (Fsp3) is 0.357. The van der Waals surface area contributed by atoms with Gasteiger partial charge in [0.15, 0.2) is 0 Å². The Bertz CT molecular complexity index is 282. The molecule has 87 valence electrons. The Kier molecular flexibility index (Phi) is 6.54. The molecule has 0 aromatic heterocycles. The lowest BCUT2D eigenvalue weighted by molar-refractivity contribution is 0.578. The molecule has 16 heavy (non-hydrogen) atoms. The van der Waals surface area contributed by atoms with E-state index in [9.17, 15) is 0 Å². The monoisotopic (exact) mass is 217 g/mol. The maximum atomic E-state index is 3.86. The van der Waals surface area contributed by atoms with E-state index < -0.39 is 0 Å². The van der Waals surface area contributed by atoms with Crippen molar-refractivity contribution in [2.75, 3.05) is 19.6 Å². The third-order valence-electron chi connectivity index (χ3n) is 2.41. The van der Waals surface area contributed by atoms with E-state index in [4.69, 9.17) is 0 Å². The van der Waals surface area contributed by atoms with Crippen molar-refractivity contribution in [2.45, 2.75) is 12.5 Å². The van der Waals surface area contributed by atoms with E-state index in [1.165, 1.54) is 5.56 Å². The third-order valence-corrected chi connectivity index (χ3v) is 2.41. The zero-order chi connectivity index (χ0) is 11.6. The van der Waals surface area contributed by atoms with E-state index in [-0.39, 0.29) is 6.04 Å². The van der Waals surface area contributed by atoms with Crippen LogP contribution in [-0.4, -0.2) is 19.6 Å². The summed E-state index contributed by atoms with van der Waals surface area (Å²) in [4.78, 5) is 0. The first-order chi connectivity index (χ1) is 7.88. The van der Waals surface area contributed by atoms with Crippen LogP contribution in [0.1, 0.15) is 18.0 Å². The zero-order valence-electron chi connectivity index (χ0n) is 9.78. The van der Waals surface area contributed by atoms with Crippen molar-refractivity contribution in [1.29, 1.82) is 0 Å². The summed E-state index contributed by atoms with van der Waals surface area (Å²) in [6, 6.07) is 10.6. The van der Waals surface area contributed by atoms with Gasteiger partial charge in [-0.2, -0.15) is 0 Å². The lowest BCUT2D eigenvalue weighted by atomic mass is 10.1. The molecule has 0 aliphatic carbocycles. The summed E-state index contributed by atoms with van der Waals surface area (Å²) in [6.45, 7) is 10.5. The quantitative estimate of drug-likeness (QED) is 0.516. The van der Waals surface area contributed by atoms with Crippen molar-refractivity contribution in [1.82, 2.24) is 10.6 Å². The normalized spacial score (nSPS) is 12.3. The number of hydrogen-bond donors (Lipinski definition) is 2. The second kappa shape index (κ2) is 8.08. The molecule has 0 aliphatic heterocycles. The first kappa shape index (κ1) is 12.9. The van der Waals surface area contributed by atoms with Gasteiger partial charge in [0.1, 0.15) is 0 Å². The van der Waals surface area contributed by atoms with Crippen LogP contribution in [0.3, 0.4) is 0 Å². The molecule has 2 heteroatoms. The Morgan fingerprint density at radius 2 is 1.88 bits per heavy atom. The van der Waals surface area contributed by atoms with Crippen molar-refractivity contribution >= 4 is 0 Å². The van der Waals surface area contributed by atoms with Crippen LogP contribution >= 0.6 is 0 Å². The minimum atomic E-state index is 0.239. The standard InChI is InChI=1S/C14H21N2/c1-3-10-15-11-12-16-14(4-2)13-8-6-5-7-9-13/h4-9,14-16H,1-3,10-12H2. The van der Waals surface area contributed by atoms with Gasteiger partial charge in [-0.15, -0.1) is 6.58 Å². The lowest BCUT2D eigenvalue weighted by Gasteiger charge is -2.15. The Morgan fingerprint density at radius 1 is 1.12 bits per heavy atom. The molecule has 1 rings (SSSR count). The summed E-state index contributed by atoms with van der Waals surface area (Å²) in [5.41, 5.74) is 1.26. The highest BCUT2D eigenvalue weighted by molar-refractivity contribution is 5.22. The molecule has 0 fully saturated rings. The smallest absolute Gasteiger partial charge is 0.0504 e. The fourth-order valence-electron chi connectivity index (χ4n) is 1.56. The third kappa shape index (κ3) is 4.60. The summed E-state index contributed by atoms with van der Waals surface area (Å²) in [5, 5.41) is 6.75. The number of benzene rings is 1. The Hall–Kier alpha value is -1.12. The van der Waals surface area contributed by atoms with Crippen molar-refractivity contribution in [2.24, 2.45) is 0 Å². The maximum absolute atomic E-state index is 3.86. The first-order valence-electron chi connectivity index (χ1n) is 5.79. The molecule has 1 unspecified atom stereocenters. The molecule has 0 heterocycles. The van der Waals surface area contributed by atoms with Crippen LogP contribution in [0.5, 0.6) is 0 Å². The van der Waals surface area contributed by atoms with E-state index in [1.807, 2.05) is 12.1 Å². The van der Waals surface area contributed by atoms with Crippen molar-refractivity contribution in [3.8, 4) is 0 Å². The molecule has 0 saturated heterocycles. The number of nitrogens with one attached hydrogen (secondary N) is 2. The van der Waals surface area contributed by atoms with Gasteiger partial charge in [-0.05, 0) is 18.5 Å². The van der Waals surface area contributed by atoms with Gasteiger partial charge in [0, 0.05) is 13.1 Å². The van der Waals surface area contributed by atoms with Crippen LogP contribution in [-0.2, 0) is 0 Å². The molecule has 2 N–H and O–H groups in total. The second-order valence-corrected chi connectivity index (χ2v) is 3.68. The molecule has 0 aliphatic rings. The van der Waals surface area contributed by atoms with Gasteiger partial charge >= 0.3 is 0 Å². The molecule has 0 saturated carbocycles. The van der Waals surface area contributed by atoms with Crippen LogP contribution < -0.4 is 10.6 Å². The van der Waals surface area contributed by atoms with Crippen LogP contribution in [0.25, 0.3) is 0 Å². The number of rotatable bonds is 8. The van der Waals surface area contributed by atoms with E-state index in [0.29, 0.717) is 0 Å². The fourth-order valence-corrected chi connectivity index (χ4v) is 1.56. The topological polar surface area (TPSA) is 24.1 Å². The highest BCUT2D eigenvalue weighted by Crippen LogP contribution is 2.12. The zero-order valence-corrected chi connectivity index (χ0v) is 9.78. The average Bonchev–Trinajstić information content (AvgIpc) is 2.35. The van der Waals surface area contributed by atoms with Crippen molar-refractivity contribution < 1.29 is 0 Å².